The number of hydrogen-bond donors (Lipinski definition) is 1. The summed E-state index contributed by atoms with van der Waals surface area (Å²) in [5.74, 6) is 0.219. The lowest BCUT2D eigenvalue weighted by Crippen LogP contribution is -2.64. The third-order valence-electron chi connectivity index (χ3n) is 12.8. The van der Waals surface area contributed by atoms with Gasteiger partial charge in [0.25, 0.3) is 0 Å². The van der Waals surface area contributed by atoms with Crippen LogP contribution in [0.4, 0.5) is 4.79 Å². The Kier molecular flexibility index (Phi) is 7.43. The van der Waals surface area contributed by atoms with Crippen LogP contribution in [0.25, 0.3) is 0 Å². The van der Waals surface area contributed by atoms with Crippen molar-refractivity contribution in [2.24, 2.45) is 34.5 Å². The van der Waals surface area contributed by atoms with E-state index in [1.165, 1.54) is 6.42 Å². The molecule has 2 aliphatic heterocycles. The quantitative estimate of drug-likeness (QED) is 0.521. The van der Waals surface area contributed by atoms with Gasteiger partial charge in [-0.05, 0) is 69.6 Å². The summed E-state index contributed by atoms with van der Waals surface area (Å²) < 4.78 is 19.4. The summed E-state index contributed by atoms with van der Waals surface area (Å²) in [7, 11) is 2.03. The van der Waals surface area contributed by atoms with Crippen molar-refractivity contribution in [2.75, 3.05) is 39.8 Å². The summed E-state index contributed by atoms with van der Waals surface area (Å²) in [6.07, 6.45) is 11.6. The topological polar surface area (TPSA) is 106 Å². The molecule has 7 aliphatic rings. The van der Waals surface area contributed by atoms with Gasteiger partial charge in [-0.3, -0.25) is 9.59 Å². The first-order valence-corrected chi connectivity index (χ1v) is 16.7. The number of carbonyl (C=O) groups is 3. The summed E-state index contributed by atoms with van der Waals surface area (Å²) in [6, 6.07) is 0. The molecule has 0 aromatic carbocycles. The summed E-state index contributed by atoms with van der Waals surface area (Å²) >= 11 is 0. The molecule has 0 spiro atoms. The van der Waals surface area contributed by atoms with Crippen molar-refractivity contribution in [3.05, 3.63) is 23.8 Å². The predicted molar refractivity (Wildman–Crippen MR) is 158 cm³/mol. The van der Waals surface area contributed by atoms with Gasteiger partial charge in [0.1, 0.15) is 0 Å². The zero-order chi connectivity index (χ0) is 30.1. The van der Waals surface area contributed by atoms with E-state index in [4.69, 9.17) is 14.2 Å². The lowest BCUT2D eigenvalue weighted by atomic mass is 9.46. The van der Waals surface area contributed by atoms with Crippen LogP contribution in [0.1, 0.15) is 71.6 Å². The van der Waals surface area contributed by atoms with Crippen LogP contribution in [0.15, 0.2) is 23.8 Å². The highest BCUT2D eigenvalue weighted by molar-refractivity contribution is 6.01. The number of rotatable bonds is 4. The fraction of sp³-hybridized carbons (Fsp3) is 0.794. The van der Waals surface area contributed by atoms with Gasteiger partial charge in [-0.1, -0.05) is 44.8 Å². The SMILES string of the molecule is CN1CCN(C(=O)OCC(=O)[C@@]23O[C@H](C4CCCCC4)O[C@@H]2C[C@H]2[C@@H]4CCC5=CC(=O)C=C[C@]5(C)[C@H]4[C@@H](O)C[C@@]23C)CC1. The molecular weight excluding hydrogens is 548 g/mol. The van der Waals surface area contributed by atoms with E-state index in [2.05, 4.69) is 18.7 Å². The molecule has 236 valence electrons. The van der Waals surface area contributed by atoms with Crippen LogP contribution in [0.5, 0.6) is 0 Å². The lowest BCUT2D eigenvalue weighted by molar-refractivity contribution is -0.209. The second kappa shape index (κ2) is 10.8. The molecule has 9 heteroatoms. The maximum absolute atomic E-state index is 14.5. The average molecular weight is 597 g/mol. The molecule has 1 amide bonds. The van der Waals surface area contributed by atoms with E-state index in [0.29, 0.717) is 25.9 Å². The molecule has 4 saturated carbocycles. The molecule has 1 N–H and O–H groups in total. The standard InChI is InChI=1S/C34H48N2O7/c1-32-12-11-23(37)17-22(32)9-10-24-25-18-28-34(33(25,2)19-26(38)29(24)32,43-30(42-28)21-7-5-4-6-8-21)27(39)20-41-31(40)36-15-13-35(3)14-16-36/h11-12,17,21,24-26,28-30,38H,4-10,13-16,18-20H2,1-3H3/t24-,25-,26-,28+,29+,30+,32-,33-,34+/m0/s1. The molecule has 0 bridgehead atoms. The number of aliphatic hydroxyl groups excluding tert-OH is 1. The molecule has 9 nitrogen and oxygen atoms in total. The van der Waals surface area contributed by atoms with Crippen LogP contribution >= 0.6 is 0 Å². The normalized spacial score (nSPS) is 44.7. The number of carbonyl (C=O) groups excluding carboxylic acids is 3. The second-order valence-electron chi connectivity index (χ2n) is 15.0. The van der Waals surface area contributed by atoms with E-state index in [-0.39, 0.29) is 41.8 Å². The Labute approximate surface area is 255 Å². The van der Waals surface area contributed by atoms with Crippen LogP contribution in [-0.4, -0.2) is 96.5 Å². The van der Waals surface area contributed by atoms with Gasteiger partial charge in [-0.25, -0.2) is 4.79 Å². The van der Waals surface area contributed by atoms with E-state index in [1.807, 2.05) is 13.1 Å². The number of nitrogens with zero attached hydrogens (tertiary/aromatic N) is 2. The average Bonchev–Trinajstić information content (AvgIpc) is 3.50. The summed E-state index contributed by atoms with van der Waals surface area (Å²) in [4.78, 5) is 43.6. The second-order valence-corrected chi connectivity index (χ2v) is 15.0. The zero-order valence-corrected chi connectivity index (χ0v) is 26.0. The Morgan fingerprint density at radius 2 is 1.84 bits per heavy atom. The van der Waals surface area contributed by atoms with Crippen molar-refractivity contribution in [1.82, 2.24) is 9.80 Å². The maximum Gasteiger partial charge on any atom is 0.410 e. The number of fused-ring (bicyclic) bond motifs is 7. The smallest absolute Gasteiger partial charge is 0.410 e. The van der Waals surface area contributed by atoms with Crippen LogP contribution in [0, 0.1) is 34.5 Å². The highest BCUT2D eigenvalue weighted by atomic mass is 16.7. The minimum absolute atomic E-state index is 0.0164. The highest BCUT2D eigenvalue weighted by Crippen LogP contribution is 2.70. The predicted octanol–water partition coefficient (Wildman–Crippen LogP) is 3.89. The summed E-state index contributed by atoms with van der Waals surface area (Å²) in [5.41, 5.74) is -1.24. The largest absolute Gasteiger partial charge is 0.441 e. The van der Waals surface area contributed by atoms with E-state index in [9.17, 15) is 19.5 Å². The van der Waals surface area contributed by atoms with Gasteiger partial charge in [0.15, 0.2) is 24.3 Å². The van der Waals surface area contributed by atoms with E-state index in [0.717, 1.165) is 57.2 Å². The van der Waals surface area contributed by atoms with Gasteiger partial charge >= 0.3 is 6.09 Å². The molecule has 43 heavy (non-hydrogen) atoms. The van der Waals surface area contributed by atoms with Crippen molar-refractivity contribution in [3.8, 4) is 0 Å². The molecule has 6 fully saturated rings. The number of amides is 1. The van der Waals surface area contributed by atoms with Crippen molar-refractivity contribution < 1.29 is 33.7 Å². The van der Waals surface area contributed by atoms with Crippen LogP contribution in [0.2, 0.25) is 0 Å². The molecule has 0 unspecified atom stereocenters. The van der Waals surface area contributed by atoms with Gasteiger partial charge < -0.3 is 29.1 Å². The van der Waals surface area contributed by atoms with Gasteiger partial charge in [0.05, 0.1) is 12.2 Å². The first kappa shape index (κ1) is 29.6. The fourth-order valence-electron chi connectivity index (χ4n) is 10.5. The first-order valence-electron chi connectivity index (χ1n) is 16.7. The third kappa shape index (κ3) is 4.50. The van der Waals surface area contributed by atoms with E-state index < -0.39 is 41.0 Å². The Morgan fingerprint density at radius 3 is 2.58 bits per heavy atom. The Hall–Kier alpha value is -2.07. The van der Waals surface area contributed by atoms with Gasteiger partial charge in [-0.2, -0.15) is 0 Å². The van der Waals surface area contributed by atoms with Crippen molar-refractivity contribution in [3.63, 3.8) is 0 Å². The molecule has 0 aromatic rings. The van der Waals surface area contributed by atoms with Gasteiger partial charge in [-0.15, -0.1) is 0 Å². The lowest BCUT2D eigenvalue weighted by Gasteiger charge is -2.59. The Balaban J connectivity index is 1.18. The fourth-order valence-corrected chi connectivity index (χ4v) is 10.5. The zero-order valence-electron chi connectivity index (χ0n) is 26.0. The third-order valence-corrected chi connectivity index (χ3v) is 12.8. The first-order chi connectivity index (χ1) is 20.6. The Morgan fingerprint density at radius 1 is 1.09 bits per heavy atom. The molecule has 7 rings (SSSR count). The minimum Gasteiger partial charge on any atom is -0.441 e. The number of Topliss-reactive ketones (excluding diaryl/α,β-unsaturated/α-hetero) is 1. The maximum atomic E-state index is 14.5. The molecule has 0 aromatic heterocycles. The molecule has 9 atom stereocenters. The highest BCUT2D eigenvalue weighted by Gasteiger charge is 2.76. The number of likely N-dealkylation sites (N-methyl/N-ethyl adjacent to an activating group) is 1. The monoisotopic (exact) mass is 596 g/mol. The molecule has 5 aliphatic carbocycles. The molecule has 0 radical (unpaired) electrons. The number of ketones is 2. The number of aliphatic hydroxyl groups is 1. The van der Waals surface area contributed by atoms with Crippen molar-refractivity contribution in [2.45, 2.75) is 95.7 Å². The molecule has 2 heterocycles. The van der Waals surface area contributed by atoms with E-state index >= 15 is 0 Å². The van der Waals surface area contributed by atoms with Crippen LogP contribution in [-0.2, 0) is 23.8 Å². The van der Waals surface area contributed by atoms with Gasteiger partial charge in [0, 0.05) is 48.8 Å². The van der Waals surface area contributed by atoms with Crippen LogP contribution < -0.4 is 0 Å². The minimum atomic E-state index is -1.27. The van der Waals surface area contributed by atoms with Crippen molar-refractivity contribution >= 4 is 17.7 Å². The molecule has 2 saturated heterocycles. The number of ether oxygens (including phenoxy) is 3. The number of piperazine rings is 1. The van der Waals surface area contributed by atoms with Crippen molar-refractivity contribution in [1.29, 1.82) is 0 Å². The Bertz CT molecular complexity index is 1220. The number of allylic oxidation sites excluding steroid dienone is 4. The van der Waals surface area contributed by atoms with E-state index in [1.54, 1.807) is 17.1 Å². The van der Waals surface area contributed by atoms with Gasteiger partial charge in [0.2, 0.25) is 5.78 Å². The van der Waals surface area contributed by atoms with Crippen LogP contribution in [0.3, 0.4) is 0 Å². The molecular formula is C34H48N2O7. The summed E-state index contributed by atoms with van der Waals surface area (Å²) in [6.45, 7) is 6.62. The summed E-state index contributed by atoms with van der Waals surface area (Å²) in [5, 5.41) is 12.0. The number of hydrogen-bond acceptors (Lipinski definition) is 8.